The lowest BCUT2D eigenvalue weighted by atomic mass is 9.79. The van der Waals surface area contributed by atoms with Gasteiger partial charge in [0.25, 0.3) is 0 Å². The fourth-order valence-electron chi connectivity index (χ4n) is 2.65. The number of carboxylic acid groups (broad SMARTS) is 1. The van der Waals surface area contributed by atoms with E-state index in [2.05, 4.69) is 15.6 Å². The number of carbonyl (C=O) groups is 2. The molecule has 120 valence electrons. The Kier molecular flexibility index (Phi) is 4.34. The van der Waals surface area contributed by atoms with Crippen molar-refractivity contribution in [2.75, 3.05) is 5.32 Å². The average molecular weight is 312 g/mol. The van der Waals surface area contributed by atoms with Crippen molar-refractivity contribution in [1.82, 2.24) is 10.3 Å². The molecule has 1 aromatic heterocycles. The van der Waals surface area contributed by atoms with Gasteiger partial charge in [0, 0.05) is 12.1 Å². The van der Waals surface area contributed by atoms with Crippen LogP contribution in [0.2, 0.25) is 0 Å². The van der Waals surface area contributed by atoms with Crippen LogP contribution in [0.5, 0.6) is 5.88 Å². The monoisotopic (exact) mass is 312 g/mol. The molecule has 0 atom stereocenters. The number of hydrogen-bond acceptors (Lipinski definition) is 5. The minimum absolute atomic E-state index is 0.155. The molecule has 2 amide bonds. The Morgan fingerprint density at radius 2 is 2.05 bits per heavy atom. The molecule has 0 radical (unpaired) electrons. The summed E-state index contributed by atoms with van der Waals surface area (Å²) in [7, 11) is 0. The van der Waals surface area contributed by atoms with Gasteiger partial charge in [-0.25, -0.2) is 14.2 Å². The van der Waals surface area contributed by atoms with E-state index in [0.717, 1.165) is 12.3 Å². The number of nitrogens with zero attached hydrogens (tertiary/aromatic N) is 1. The average Bonchev–Trinajstić information content (AvgIpc) is 2.44. The van der Waals surface area contributed by atoms with E-state index in [0.29, 0.717) is 12.8 Å². The summed E-state index contributed by atoms with van der Waals surface area (Å²) in [6.45, 7) is 0. The number of hydrogen-bond donors (Lipinski definition) is 5. The third-order valence-corrected chi connectivity index (χ3v) is 3.85. The third kappa shape index (κ3) is 3.35. The number of nitrogens with two attached hydrogens (primary N) is 1. The van der Waals surface area contributed by atoms with E-state index in [1.165, 1.54) is 0 Å². The lowest BCUT2D eigenvalue weighted by Crippen LogP contribution is -2.59. The Morgan fingerprint density at radius 3 is 2.59 bits per heavy atom. The number of aromatic nitrogens is 1. The number of anilines is 1. The smallest absolute Gasteiger partial charge is 0.405 e. The van der Waals surface area contributed by atoms with Crippen LogP contribution in [-0.2, 0) is 4.79 Å². The van der Waals surface area contributed by atoms with Crippen molar-refractivity contribution in [3.63, 3.8) is 0 Å². The van der Waals surface area contributed by atoms with Gasteiger partial charge in [-0.1, -0.05) is 0 Å². The highest BCUT2D eigenvalue weighted by molar-refractivity contribution is 5.88. The van der Waals surface area contributed by atoms with Crippen molar-refractivity contribution < 1.29 is 24.2 Å². The summed E-state index contributed by atoms with van der Waals surface area (Å²) in [6, 6.07) is 0.964. The molecule has 0 aromatic carbocycles. The summed E-state index contributed by atoms with van der Waals surface area (Å²) < 4.78 is 13.1. The molecule has 22 heavy (non-hydrogen) atoms. The first-order valence-corrected chi connectivity index (χ1v) is 6.74. The molecular formula is C13H17FN4O4. The fourth-order valence-corrected chi connectivity index (χ4v) is 2.65. The lowest BCUT2D eigenvalue weighted by molar-refractivity contribution is -0.125. The van der Waals surface area contributed by atoms with Gasteiger partial charge in [-0.3, -0.25) is 4.79 Å². The summed E-state index contributed by atoms with van der Waals surface area (Å²) in [5, 5.41) is 23.5. The molecule has 0 unspecified atom stereocenters. The molecule has 1 heterocycles. The Morgan fingerprint density at radius 1 is 1.41 bits per heavy atom. The molecule has 1 aliphatic rings. The van der Waals surface area contributed by atoms with Crippen molar-refractivity contribution in [3.8, 4) is 5.88 Å². The quantitative estimate of drug-likeness (QED) is 0.557. The predicted octanol–water partition coefficient (Wildman–Crippen LogP) is 0.772. The van der Waals surface area contributed by atoms with Crippen LogP contribution in [0.1, 0.15) is 25.7 Å². The second-order valence-corrected chi connectivity index (χ2v) is 5.32. The Labute approximate surface area is 125 Å². The number of pyridine rings is 1. The Balaban J connectivity index is 2.03. The molecule has 1 fully saturated rings. The van der Waals surface area contributed by atoms with Crippen LogP contribution in [0.4, 0.5) is 14.9 Å². The summed E-state index contributed by atoms with van der Waals surface area (Å²) in [5.74, 6) is -1.63. The van der Waals surface area contributed by atoms with Gasteiger partial charge in [0.2, 0.25) is 11.8 Å². The first-order valence-electron chi connectivity index (χ1n) is 6.74. The van der Waals surface area contributed by atoms with Gasteiger partial charge >= 0.3 is 6.09 Å². The maximum atomic E-state index is 13.1. The van der Waals surface area contributed by atoms with Crippen molar-refractivity contribution in [1.29, 1.82) is 0 Å². The molecule has 6 N–H and O–H groups in total. The summed E-state index contributed by atoms with van der Waals surface area (Å²) >= 11 is 0. The Hall–Kier alpha value is -2.58. The van der Waals surface area contributed by atoms with E-state index in [1.54, 1.807) is 0 Å². The van der Waals surface area contributed by atoms with Crippen molar-refractivity contribution >= 4 is 17.7 Å². The van der Waals surface area contributed by atoms with Crippen molar-refractivity contribution in [3.05, 3.63) is 18.1 Å². The second-order valence-electron chi connectivity index (χ2n) is 5.32. The zero-order valence-electron chi connectivity index (χ0n) is 11.7. The second kappa shape index (κ2) is 6.04. The van der Waals surface area contributed by atoms with Gasteiger partial charge in [-0.15, -0.1) is 0 Å². The highest BCUT2D eigenvalue weighted by Gasteiger charge is 2.41. The number of amides is 2. The van der Waals surface area contributed by atoms with Gasteiger partial charge in [-0.05, 0) is 25.7 Å². The van der Waals surface area contributed by atoms with Gasteiger partial charge in [0.15, 0.2) is 0 Å². The van der Waals surface area contributed by atoms with E-state index in [-0.39, 0.29) is 30.5 Å². The molecule has 0 saturated heterocycles. The molecule has 1 aromatic rings. The van der Waals surface area contributed by atoms with Gasteiger partial charge in [0.1, 0.15) is 17.0 Å². The minimum atomic E-state index is -1.31. The number of halogens is 1. The first kappa shape index (κ1) is 15.8. The van der Waals surface area contributed by atoms with E-state index in [4.69, 9.17) is 10.8 Å². The maximum absolute atomic E-state index is 13.1. The molecule has 8 nitrogen and oxygen atoms in total. The molecule has 0 spiro atoms. The van der Waals surface area contributed by atoms with E-state index in [9.17, 15) is 19.1 Å². The van der Waals surface area contributed by atoms with Crippen LogP contribution < -0.4 is 16.4 Å². The van der Waals surface area contributed by atoms with Gasteiger partial charge in [0.05, 0.1) is 6.20 Å². The van der Waals surface area contributed by atoms with Crippen LogP contribution >= 0.6 is 0 Å². The molecule has 1 saturated carbocycles. The predicted molar refractivity (Wildman–Crippen MR) is 74.8 cm³/mol. The van der Waals surface area contributed by atoms with E-state index < -0.39 is 23.4 Å². The zero-order valence-corrected chi connectivity index (χ0v) is 11.7. The first-order chi connectivity index (χ1) is 10.3. The SMILES string of the molecule is NC(=O)[C@]1(NC(=O)O)CC[C@H](Nc2cc(F)cnc2O)CC1. The third-order valence-electron chi connectivity index (χ3n) is 3.85. The van der Waals surface area contributed by atoms with Crippen LogP contribution in [-0.4, -0.2) is 38.8 Å². The van der Waals surface area contributed by atoms with E-state index >= 15 is 0 Å². The molecule has 1 aliphatic carbocycles. The molecule has 0 bridgehead atoms. The topological polar surface area (TPSA) is 138 Å². The van der Waals surface area contributed by atoms with Crippen LogP contribution in [0, 0.1) is 5.82 Å². The Bertz CT molecular complexity index is 587. The highest BCUT2D eigenvalue weighted by atomic mass is 19.1. The van der Waals surface area contributed by atoms with Crippen LogP contribution in [0.25, 0.3) is 0 Å². The van der Waals surface area contributed by atoms with Crippen molar-refractivity contribution in [2.24, 2.45) is 5.73 Å². The number of rotatable bonds is 4. The zero-order chi connectivity index (χ0) is 16.3. The minimum Gasteiger partial charge on any atom is -0.492 e. The van der Waals surface area contributed by atoms with Crippen LogP contribution in [0.3, 0.4) is 0 Å². The van der Waals surface area contributed by atoms with E-state index in [1.807, 2.05) is 0 Å². The highest BCUT2D eigenvalue weighted by Crippen LogP contribution is 2.31. The molecule has 0 aliphatic heterocycles. The van der Waals surface area contributed by atoms with Gasteiger partial charge in [-0.2, -0.15) is 0 Å². The van der Waals surface area contributed by atoms with Gasteiger partial charge < -0.3 is 26.6 Å². The summed E-state index contributed by atoms with van der Waals surface area (Å²) in [4.78, 5) is 25.9. The number of aromatic hydroxyl groups is 1. The lowest BCUT2D eigenvalue weighted by Gasteiger charge is -2.37. The summed E-state index contributed by atoms with van der Waals surface area (Å²) in [6.07, 6.45) is 0.887. The summed E-state index contributed by atoms with van der Waals surface area (Å²) in [5.41, 5.74) is 4.18. The number of nitrogens with one attached hydrogen (secondary N) is 2. The fraction of sp³-hybridized carbons (Fsp3) is 0.462. The molecule has 2 rings (SSSR count). The standard InChI is InChI=1S/C13H17FN4O4/c14-7-5-9(10(19)16-6-7)17-8-1-3-13(4-2-8,11(15)20)18-12(21)22/h5-6,8,17-18H,1-4H2,(H2,15,20)(H,16,19)(H,21,22)/t8-,13-. The largest absolute Gasteiger partial charge is 0.492 e. The number of carbonyl (C=O) groups excluding carboxylic acids is 1. The molecular weight excluding hydrogens is 295 g/mol. The molecule has 9 heteroatoms. The maximum Gasteiger partial charge on any atom is 0.405 e. The van der Waals surface area contributed by atoms with Crippen molar-refractivity contribution in [2.45, 2.75) is 37.3 Å². The van der Waals surface area contributed by atoms with Crippen LogP contribution in [0.15, 0.2) is 12.3 Å². The number of primary amides is 1. The normalized spacial score (nSPS) is 24.5.